The Bertz CT molecular complexity index is 1130. The summed E-state index contributed by atoms with van der Waals surface area (Å²) in [6, 6.07) is 13.4. The molecule has 0 aliphatic heterocycles. The first-order chi connectivity index (χ1) is 19.5. The minimum absolute atomic E-state index is 0.279. The Balaban J connectivity index is 0.000000642. The van der Waals surface area contributed by atoms with Crippen LogP contribution in [0.1, 0.15) is 55.8 Å². The van der Waals surface area contributed by atoms with Crippen LogP contribution in [-0.2, 0) is 20.8 Å². The molecule has 0 amide bonds. The molecule has 2 aromatic carbocycles. The SMILES string of the molecule is Nc1c(Cl)cc(C(O)CNCC2CCC(CC(CCc3ccccc3)C(=O)O)CC2)cc1Cl.O=C(O)/C=C\C(=O)O. The highest BCUT2D eigenvalue weighted by molar-refractivity contribution is 6.38. The molecule has 2 unspecified atom stereocenters. The van der Waals surface area contributed by atoms with E-state index in [1.54, 1.807) is 12.1 Å². The van der Waals surface area contributed by atoms with Crippen molar-refractivity contribution >= 4 is 46.8 Å². The summed E-state index contributed by atoms with van der Waals surface area (Å²) in [7, 11) is 0. The van der Waals surface area contributed by atoms with Crippen molar-refractivity contribution in [3.05, 3.63) is 75.8 Å². The van der Waals surface area contributed by atoms with Crippen LogP contribution < -0.4 is 11.1 Å². The highest BCUT2D eigenvalue weighted by atomic mass is 35.5. The topological polar surface area (TPSA) is 170 Å². The van der Waals surface area contributed by atoms with E-state index in [2.05, 4.69) is 17.4 Å². The Morgan fingerprint density at radius 3 is 1.98 bits per heavy atom. The third-order valence-electron chi connectivity index (χ3n) is 7.18. The molecule has 2 aromatic rings. The average molecular weight is 610 g/mol. The van der Waals surface area contributed by atoms with Crippen molar-refractivity contribution in [2.24, 2.45) is 17.8 Å². The van der Waals surface area contributed by atoms with Crippen LogP contribution >= 0.6 is 23.2 Å². The minimum Gasteiger partial charge on any atom is -0.481 e. The third kappa shape index (κ3) is 12.9. The van der Waals surface area contributed by atoms with Crippen molar-refractivity contribution in [1.29, 1.82) is 0 Å². The highest BCUT2D eigenvalue weighted by Gasteiger charge is 2.27. The monoisotopic (exact) mass is 608 g/mol. The van der Waals surface area contributed by atoms with Crippen LogP contribution in [0, 0.1) is 17.8 Å². The predicted molar refractivity (Wildman–Crippen MR) is 159 cm³/mol. The van der Waals surface area contributed by atoms with Gasteiger partial charge in [0, 0.05) is 18.7 Å². The van der Waals surface area contributed by atoms with Gasteiger partial charge >= 0.3 is 17.9 Å². The Morgan fingerprint density at radius 2 is 1.46 bits per heavy atom. The molecule has 1 saturated carbocycles. The fourth-order valence-electron chi connectivity index (χ4n) is 4.88. The number of nitrogens with two attached hydrogens (primary N) is 1. The van der Waals surface area contributed by atoms with E-state index in [1.165, 1.54) is 5.56 Å². The lowest BCUT2D eigenvalue weighted by molar-refractivity contribution is -0.142. The smallest absolute Gasteiger partial charge is 0.328 e. The van der Waals surface area contributed by atoms with Gasteiger partial charge in [-0.15, -0.1) is 0 Å². The number of hydrogen-bond acceptors (Lipinski definition) is 6. The number of rotatable bonds is 13. The summed E-state index contributed by atoms with van der Waals surface area (Å²) in [5.41, 5.74) is 7.92. The van der Waals surface area contributed by atoms with Crippen molar-refractivity contribution < 1.29 is 34.8 Å². The molecule has 3 rings (SSSR count). The molecule has 1 aliphatic carbocycles. The van der Waals surface area contributed by atoms with Gasteiger partial charge in [-0.25, -0.2) is 9.59 Å². The van der Waals surface area contributed by atoms with E-state index in [-0.39, 0.29) is 5.92 Å². The maximum Gasteiger partial charge on any atom is 0.328 e. The lowest BCUT2D eigenvalue weighted by Gasteiger charge is -2.30. The van der Waals surface area contributed by atoms with Crippen LogP contribution in [0.3, 0.4) is 0 Å². The zero-order valence-corrected chi connectivity index (χ0v) is 24.2. The van der Waals surface area contributed by atoms with E-state index in [0.29, 0.717) is 58.2 Å². The number of aryl methyl sites for hydroxylation is 1. The predicted octanol–water partition coefficient (Wildman–Crippen LogP) is 5.44. The van der Waals surface area contributed by atoms with E-state index in [0.717, 1.165) is 45.1 Å². The van der Waals surface area contributed by atoms with Crippen LogP contribution in [-0.4, -0.2) is 51.4 Å². The quantitative estimate of drug-likeness (QED) is 0.128. The molecule has 9 nitrogen and oxygen atoms in total. The second-order valence-corrected chi connectivity index (χ2v) is 11.1. The molecule has 0 saturated heterocycles. The molecule has 0 heterocycles. The van der Waals surface area contributed by atoms with E-state index in [9.17, 15) is 24.6 Å². The fraction of sp³-hybridized carbons (Fsp3) is 0.433. The van der Waals surface area contributed by atoms with Gasteiger partial charge in [0.2, 0.25) is 0 Å². The molecule has 0 bridgehead atoms. The van der Waals surface area contributed by atoms with Gasteiger partial charge in [0.1, 0.15) is 0 Å². The van der Waals surface area contributed by atoms with Crippen molar-refractivity contribution in [3.63, 3.8) is 0 Å². The number of carbonyl (C=O) groups is 3. The molecule has 7 N–H and O–H groups in total. The van der Waals surface area contributed by atoms with Crippen LogP contribution in [0.15, 0.2) is 54.6 Å². The van der Waals surface area contributed by atoms with E-state index in [1.807, 2.05) is 18.2 Å². The van der Waals surface area contributed by atoms with Gasteiger partial charge in [0.15, 0.2) is 0 Å². The number of nitrogen functional groups attached to an aromatic ring is 1. The second kappa shape index (κ2) is 17.6. The number of aliphatic hydroxyl groups is 1. The van der Waals surface area contributed by atoms with Gasteiger partial charge in [0.25, 0.3) is 0 Å². The maximum absolute atomic E-state index is 11.8. The summed E-state index contributed by atoms with van der Waals surface area (Å²) in [5.74, 6) is -2.45. The lowest BCUT2D eigenvalue weighted by atomic mass is 9.77. The Morgan fingerprint density at radius 1 is 0.927 bits per heavy atom. The number of carboxylic acids is 3. The standard InChI is InChI=1S/C26H34Cl2N2O3.C4H4O4/c27-22-13-21(14-23(28)25(22)29)24(31)16-30-15-19-8-6-18(7-9-19)12-20(26(32)33)11-10-17-4-2-1-3-5-17;5-3(6)1-2-4(7)8/h1-5,13-14,18-20,24,30-31H,6-12,15-16,29H2,(H,32,33);1-2H,(H,5,6)(H,7,8)/b;2-1-. The number of carboxylic acid groups (broad SMARTS) is 3. The molecule has 2 atom stereocenters. The largest absolute Gasteiger partial charge is 0.481 e. The number of aliphatic carboxylic acids is 3. The molecule has 11 heteroatoms. The van der Waals surface area contributed by atoms with Gasteiger partial charge in [-0.2, -0.15) is 0 Å². The maximum atomic E-state index is 11.8. The molecular formula is C30H38Cl2N2O7. The average Bonchev–Trinajstić information content (AvgIpc) is 2.94. The van der Waals surface area contributed by atoms with E-state index in [4.69, 9.17) is 39.1 Å². The van der Waals surface area contributed by atoms with Crippen molar-refractivity contribution in [2.45, 2.75) is 51.0 Å². The van der Waals surface area contributed by atoms with Crippen molar-refractivity contribution in [3.8, 4) is 0 Å². The first kappa shape index (κ1) is 34.1. The third-order valence-corrected chi connectivity index (χ3v) is 7.81. The van der Waals surface area contributed by atoms with E-state index >= 15 is 0 Å². The van der Waals surface area contributed by atoms with Gasteiger partial charge in [-0.05, 0) is 73.7 Å². The van der Waals surface area contributed by atoms with Crippen LogP contribution in [0.25, 0.3) is 0 Å². The summed E-state index contributed by atoms with van der Waals surface area (Å²) < 4.78 is 0. The molecule has 0 spiro atoms. The van der Waals surface area contributed by atoms with E-state index < -0.39 is 24.0 Å². The summed E-state index contributed by atoms with van der Waals surface area (Å²) in [4.78, 5) is 30.9. The van der Waals surface area contributed by atoms with Crippen molar-refractivity contribution in [2.75, 3.05) is 18.8 Å². The second-order valence-electron chi connectivity index (χ2n) is 10.3. The summed E-state index contributed by atoms with van der Waals surface area (Å²) in [6.45, 7) is 1.24. The van der Waals surface area contributed by atoms with Gasteiger partial charge in [-0.3, -0.25) is 4.79 Å². The van der Waals surface area contributed by atoms with Gasteiger partial charge < -0.3 is 31.5 Å². The van der Waals surface area contributed by atoms with Gasteiger partial charge in [0.05, 0.1) is 27.8 Å². The number of anilines is 1. The summed E-state index contributed by atoms with van der Waals surface area (Å²) in [6.07, 6.45) is 6.96. The number of nitrogens with one attached hydrogen (secondary N) is 1. The molecule has 224 valence electrons. The number of halogens is 2. The molecule has 1 fully saturated rings. The molecule has 0 aromatic heterocycles. The Hall–Kier alpha value is -3.11. The van der Waals surface area contributed by atoms with Crippen molar-refractivity contribution in [1.82, 2.24) is 5.32 Å². The molecule has 0 radical (unpaired) electrons. The summed E-state index contributed by atoms with van der Waals surface area (Å²) in [5, 5.41) is 39.8. The number of aliphatic hydroxyl groups excluding tert-OH is 1. The fourth-order valence-corrected chi connectivity index (χ4v) is 5.39. The Labute approximate surface area is 250 Å². The lowest BCUT2D eigenvalue weighted by Crippen LogP contribution is -2.30. The van der Waals surface area contributed by atoms with Crippen LogP contribution in [0.4, 0.5) is 5.69 Å². The van der Waals surface area contributed by atoms with Crippen LogP contribution in [0.2, 0.25) is 10.0 Å². The minimum atomic E-state index is -1.26. The molecular weight excluding hydrogens is 571 g/mol. The molecule has 1 aliphatic rings. The Kier molecular flexibility index (Phi) is 14.7. The highest BCUT2D eigenvalue weighted by Crippen LogP contribution is 2.34. The zero-order chi connectivity index (χ0) is 30.4. The van der Waals surface area contributed by atoms with Crippen LogP contribution in [0.5, 0.6) is 0 Å². The normalized spacial score (nSPS) is 18.2. The number of hydrogen-bond donors (Lipinski definition) is 6. The molecule has 41 heavy (non-hydrogen) atoms. The summed E-state index contributed by atoms with van der Waals surface area (Å²) >= 11 is 12.1. The number of benzene rings is 2. The van der Waals surface area contributed by atoms with Gasteiger partial charge in [-0.1, -0.05) is 66.4 Å². The first-order valence-electron chi connectivity index (χ1n) is 13.5. The zero-order valence-electron chi connectivity index (χ0n) is 22.7. The first-order valence-corrected chi connectivity index (χ1v) is 14.3.